The van der Waals surface area contributed by atoms with Crippen molar-refractivity contribution < 1.29 is 18.3 Å². The maximum Gasteiger partial charge on any atom is 0.258 e. The van der Waals surface area contributed by atoms with Gasteiger partial charge in [0, 0.05) is 12.2 Å². The lowest BCUT2D eigenvalue weighted by Crippen LogP contribution is -2.43. The number of hydrogen-bond donors (Lipinski definition) is 1. The van der Waals surface area contributed by atoms with Crippen molar-refractivity contribution in [3.05, 3.63) is 83.1 Å². The van der Waals surface area contributed by atoms with Crippen LogP contribution in [0.4, 0.5) is 8.78 Å². The Balaban J connectivity index is 1.53. The molecule has 3 aromatic rings. The van der Waals surface area contributed by atoms with E-state index in [9.17, 15) is 13.6 Å². The first-order valence-electron chi connectivity index (χ1n) is 11.7. The van der Waals surface area contributed by atoms with E-state index >= 15 is 0 Å². The Kier molecular flexibility index (Phi) is 7.00. The molecule has 1 heterocycles. The number of halogens is 2. The number of benzene rings is 2. The lowest BCUT2D eigenvalue weighted by molar-refractivity contribution is 0.0870. The second-order valence-electron chi connectivity index (χ2n) is 10.2. The van der Waals surface area contributed by atoms with Gasteiger partial charge in [-0.25, -0.2) is 8.78 Å². The number of hydrogen-bond acceptors (Lipinski definition) is 3. The van der Waals surface area contributed by atoms with Gasteiger partial charge in [0.1, 0.15) is 23.8 Å². The highest BCUT2D eigenvalue weighted by molar-refractivity contribution is 5.96. The summed E-state index contributed by atoms with van der Waals surface area (Å²) in [4.78, 5) is 13.3. The topological polar surface area (TPSA) is 56.2 Å². The van der Waals surface area contributed by atoms with Crippen LogP contribution in [0.5, 0.6) is 5.88 Å². The van der Waals surface area contributed by atoms with E-state index in [0.717, 1.165) is 30.4 Å². The molecular formula is C27H31F2N3O2. The molecular weight excluding hydrogens is 436 g/mol. The quantitative estimate of drug-likeness (QED) is 0.483. The summed E-state index contributed by atoms with van der Waals surface area (Å²) in [7, 11) is 0. The molecule has 4 rings (SSSR count). The molecule has 34 heavy (non-hydrogen) atoms. The molecule has 1 aliphatic rings. The second-order valence-corrected chi connectivity index (χ2v) is 10.2. The molecule has 1 aromatic heterocycles. The third-order valence-electron chi connectivity index (χ3n) is 6.24. The van der Waals surface area contributed by atoms with E-state index in [1.807, 2.05) is 0 Å². The molecule has 1 N–H and O–H groups in total. The molecule has 5 nitrogen and oxygen atoms in total. The number of nitrogens with one attached hydrogen (secondary N) is 1. The van der Waals surface area contributed by atoms with Crippen LogP contribution in [0, 0.1) is 23.0 Å². The molecule has 0 aliphatic heterocycles. The summed E-state index contributed by atoms with van der Waals surface area (Å²) in [5, 5.41) is 7.66. The molecule has 1 amide bonds. The van der Waals surface area contributed by atoms with Gasteiger partial charge in [-0.2, -0.15) is 0 Å². The first-order chi connectivity index (χ1) is 16.2. The molecule has 2 atom stereocenters. The van der Waals surface area contributed by atoms with E-state index in [1.54, 1.807) is 35.1 Å². The van der Waals surface area contributed by atoms with E-state index in [4.69, 9.17) is 4.74 Å². The Morgan fingerprint density at radius 3 is 2.29 bits per heavy atom. The van der Waals surface area contributed by atoms with E-state index in [2.05, 4.69) is 31.2 Å². The molecule has 2 unspecified atom stereocenters. The van der Waals surface area contributed by atoms with Crippen LogP contribution >= 0.6 is 0 Å². The largest absolute Gasteiger partial charge is 0.471 e. The summed E-state index contributed by atoms with van der Waals surface area (Å²) >= 11 is 0. The summed E-state index contributed by atoms with van der Waals surface area (Å²) in [5.41, 5.74) is 2.14. The zero-order valence-electron chi connectivity index (χ0n) is 19.9. The highest BCUT2D eigenvalue weighted by Gasteiger charge is 2.33. The van der Waals surface area contributed by atoms with Gasteiger partial charge < -0.3 is 10.1 Å². The highest BCUT2D eigenvalue weighted by Crippen LogP contribution is 2.38. The summed E-state index contributed by atoms with van der Waals surface area (Å²) in [5.74, 6) is -0.111. The monoisotopic (exact) mass is 467 g/mol. The number of nitrogens with zero attached hydrogens (tertiary/aromatic N) is 2. The molecule has 1 saturated carbocycles. The maximum atomic E-state index is 13.3. The Bertz CT molecular complexity index is 1120. The van der Waals surface area contributed by atoms with Crippen molar-refractivity contribution >= 4 is 5.91 Å². The van der Waals surface area contributed by atoms with E-state index in [1.165, 1.54) is 24.3 Å². The summed E-state index contributed by atoms with van der Waals surface area (Å²) in [6.07, 6.45) is 4.65. The maximum absolute atomic E-state index is 13.3. The van der Waals surface area contributed by atoms with Crippen LogP contribution in [0.15, 0.2) is 54.7 Å². The minimum Gasteiger partial charge on any atom is -0.471 e. The van der Waals surface area contributed by atoms with Gasteiger partial charge in [-0.05, 0) is 66.0 Å². The van der Waals surface area contributed by atoms with Crippen molar-refractivity contribution in [3.63, 3.8) is 0 Å². The minimum atomic E-state index is -0.322. The first-order valence-corrected chi connectivity index (χ1v) is 11.7. The van der Waals surface area contributed by atoms with Gasteiger partial charge in [0.15, 0.2) is 0 Å². The number of rotatable bonds is 7. The van der Waals surface area contributed by atoms with Crippen LogP contribution in [0.2, 0.25) is 0 Å². The fourth-order valence-electron chi connectivity index (χ4n) is 4.98. The van der Waals surface area contributed by atoms with Crippen molar-refractivity contribution in [2.75, 3.05) is 0 Å². The average molecular weight is 468 g/mol. The third kappa shape index (κ3) is 6.22. The molecule has 0 spiro atoms. The van der Waals surface area contributed by atoms with Crippen molar-refractivity contribution in [2.45, 2.75) is 59.2 Å². The van der Waals surface area contributed by atoms with Crippen LogP contribution in [0.25, 0.3) is 0 Å². The molecule has 180 valence electrons. The fourth-order valence-corrected chi connectivity index (χ4v) is 4.98. The Morgan fingerprint density at radius 1 is 1.06 bits per heavy atom. The summed E-state index contributed by atoms with van der Waals surface area (Å²) < 4.78 is 34.0. The smallest absolute Gasteiger partial charge is 0.258 e. The van der Waals surface area contributed by atoms with Crippen molar-refractivity contribution in [3.8, 4) is 5.88 Å². The predicted octanol–water partition coefficient (Wildman–Crippen LogP) is 5.73. The average Bonchev–Trinajstić information content (AvgIpc) is 3.16. The zero-order chi connectivity index (χ0) is 24.3. The van der Waals surface area contributed by atoms with E-state index < -0.39 is 0 Å². The molecule has 0 bridgehead atoms. The van der Waals surface area contributed by atoms with Crippen molar-refractivity contribution in [1.29, 1.82) is 0 Å². The van der Waals surface area contributed by atoms with Crippen molar-refractivity contribution in [1.82, 2.24) is 15.1 Å². The highest BCUT2D eigenvalue weighted by atomic mass is 19.1. The lowest BCUT2D eigenvalue weighted by Gasteiger charge is -2.39. The third-order valence-corrected chi connectivity index (χ3v) is 6.24. The Labute approximate surface area is 199 Å². The molecule has 1 fully saturated rings. The SMILES string of the molecule is CC1CC(NC(=O)c2cn(Cc3ccc(F)cc3)nc2OCc2ccc(F)cc2)CC(C)(C)C1. The van der Waals surface area contributed by atoms with Crippen LogP contribution in [-0.4, -0.2) is 21.7 Å². The Morgan fingerprint density at radius 2 is 1.68 bits per heavy atom. The lowest BCUT2D eigenvalue weighted by atomic mass is 9.70. The minimum absolute atomic E-state index is 0.0802. The number of amides is 1. The van der Waals surface area contributed by atoms with Gasteiger partial charge in [0.2, 0.25) is 5.88 Å². The Hall–Kier alpha value is -3.22. The zero-order valence-corrected chi connectivity index (χ0v) is 19.9. The summed E-state index contributed by atoms with van der Waals surface area (Å²) in [6.45, 7) is 7.22. The number of aromatic nitrogens is 2. The van der Waals surface area contributed by atoms with Crippen LogP contribution < -0.4 is 10.1 Å². The normalized spacial score (nSPS) is 19.6. The van der Waals surface area contributed by atoms with E-state index in [0.29, 0.717) is 18.0 Å². The molecule has 0 radical (unpaired) electrons. The summed E-state index contributed by atoms with van der Waals surface area (Å²) in [6, 6.07) is 12.2. The number of ether oxygens (including phenoxy) is 1. The van der Waals surface area contributed by atoms with E-state index in [-0.39, 0.29) is 41.5 Å². The molecule has 7 heteroatoms. The second kappa shape index (κ2) is 9.95. The van der Waals surface area contributed by atoms with Crippen LogP contribution in [-0.2, 0) is 13.2 Å². The molecule has 2 aromatic carbocycles. The predicted molar refractivity (Wildman–Crippen MR) is 127 cm³/mol. The van der Waals surface area contributed by atoms with Crippen molar-refractivity contribution in [2.24, 2.45) is 11.3 Å². The fraction of sp³-hybridized carbons (Fsp3) is 0.407. The van der Waals surface area contributed by atoms with Gasteiger partial charge in [-0.15, -0.1) is 5.10 Å². The number of carbonyl (C=O) groups excluding carboxylic acids is 1. The van der Waals surface area contributed by atoms with Crippen LogP contribution in [0.3, 0.4) is 0 Å². The van der Waals surface area contributed by atoms with Gasteiger partial charge in [0.25, 0.3) is 5.91 Å². The number of carbonyl (C=O) groups is 1. The van der Waals surface area contributed by atoms with Crippen LogP contribution in [0.1, 0.15) is 61.5 Å². The first kappa shape index (κ1) is 23.9. The molecule has 0 saturated heterocycles. The van der Waals surface area contributed by atoms with Gasteiger partial charge in [-0.3, -0.25) is 9.48 Å². The molecule has 1 aliphatic carbocycles. The standard InChI is InChI=1S/C27H31F2N3O2/c1-18-12-23(14-27(2,3)13-18)30-25(33)24-16-32(15-19-4-8-21(28)9-5-19)31-26(24)34-17-20-6-10-22(29)11-7-20/h4-11,16,18,23H,12-15,17H2,1-3H3,(H,30,33). The van der Waals surface area contributed by atoms with Gasteiger partial charge >= 0.3 is 0 Å². The van der Waals surface area contributed by atoms with Gasteiger partial charge in [0.05, 0.1) is 6.54 Å². The van der Waals surface area contributed by atoms with Gasteiger partial charge in [-0.1, -0.05) is 45.0 Å².